The molecule has 1 unspecified atom stereocenters. The predicted molar refractivity (Wildman–Crippen MR) is 135 cm³/mol. The molecule has 0 radical (unpaired) electrons. The molecule has 7 nitrogen and oxygen atoms in total. The number of amides is 1. The SMILES string of the molecule is O=C(NOCc1ccccc1)c1c(O)c(=O)ccn1NC1c2ccccc2SCc2c1ccc(F)c2F. The number of fused-ring (bicyclic) bond motifs is 2. The van der Waals surface area contributed by atoms with E-state index in [1.807, 2.05) is 54.6 Å². The highest BCUT2D eigenvalue weighted by molar-refractivity contribution is 7.98. The number of hydroxylamine groups is 1. The molecular weight excluding hydrogens is 500 g/mol. The van der Waals surface area contributed by atoms with Gasteiger partial charge in [-0.15, -0.1) is 11.8 Å². The van der Waals surface area contributed by atoms with Crippen molar-refractivity contribution >= 4 is 17.7 Å². The zero-order valence-electron chi connectivity index (χ0n) is 19.3. The summed E-state index contributed by atoms with van der Waals surface area (Å²) in [6, 6.07) is 19.3. The van der Waals surface area contributed by atoms with Crippen LogP contribution < -0.4 is 16.3 Å². The lowest BCUT2D eigenvalue weighted by molar-refractivity contribution is 0.0224. The molecule has 188 valence electrons. The van der Waals surface area contributed by atoms with E-state index in [0.29, 0.717) is 5.56 Å². The summed E-state index contributed by atoms with van der Waals surface area (Å²) < 4.78 is 30.1. The number of nitrogens with one attached hydrogen (secondary N) is 2. The normalized spacial score (nSPS) is 14.3. The molecule has 0 saturated carbocycles. The van der Waals surface area contributed by atoms with Crippen LogP contribution in [0.15, 0.2) is 88.7 Å². The van der Waals surface area contributed by atoms with Gasteiger partial charge in [0, 0.05) is 28.5 Å². The molecule has 0 spiro atoms. The first-order valence-electron chi connectivity index (χ1n) is 11.3. The van der Waals surface area contributed by atoms with Crippen LogP contribution in [0.2, 0.25) is 0 Å². The zero-order valence-corrected chi connectivity index (χ0v) is 20.1. The number of benzene rings is 3. The molecule has 1 amide bonds. The summed E-state index contributed by atoms with van der Waals surface area (Å²) in [4.78, 5) is 31.4. The molecule has 1 aliphatic rings. The molecule has 2 heterocycles. The van der Waals surface area contributed by atoms with Crippen LogP contribution in [0.1, 0.15) is 38.8 Å². The predicted octanol–water partition coefficient (Wildman–Crippen LogP) is 4.63. The molecule has 0 bridgehead atoms. The standard InChI is InChI=1S/C27H21F2N3O4S/c28-20-11-10-17-19(23(20)29)15-37-22-9-5-4-8-18(22)24(17)30-32-13-12-21(33)26(34)25(32)27(35)31-36-14-16-6-2-1-3-7-16/h1-13,24,30,34H,14-15H2,(H,31,35). The van der Waals surface area contributed by atoms with Gasteiger partial charge in [-0.25, -0.2) is 14.3 Å². The number of halogens is 2. The third-order valence-corrected chi connectivity index (χ3v) is 7.06. The van der Waals surface area contributed by atoms with Crippen LogP contribution in [0.5, 0.6) is 5.75 Å². The lowest BCUT2D eigenvalue weighted by Gasteiger charge is -2.26. The largest absolute Gasteiger partial charge is 0.502 e. The van der Waals surface area contributed by atoms with Gasteiger partial charge in [-0.2, -0.15) is 0 Å². The summed E-state index contributed by atoms with van der Waals surface area (Å²) in [5, 5.41) is 10.5. The maximum atomic E-state index is 14.8. The van der Waals surface area contributed by atoms with Gasteiger partial charge in [0.2, 0.25) is 5.43 Å². The Hall–Kier alpha value is -4.15. The highest BCUT2D eigenvalue weighted by Gasteiger charge is 2.29. The average molecular weight is 522 g/mol. The minimum atomic E-state index is -0.958. The van der Waals surface area contributed by atoms with Crippen molar-refractivity contribution in [2.45, 2.75) is 23.3 Å². The second-order valence-corrected chi connectivity index (χ2v) is 9.29. The van der Waals surface area contributed by atoms with E-state index in [-0.39, 0.29) is 17.9 Å². The molecule has 4 aromatic rings. The molecule has 1 aliphatic heterocycles. The number of hydrogen-bond donors (Lipinski definition) is 3. The number of nitrogens with zero attached hydrogens (tertiary/aromatic N) is 1. The molecular formula is C27H21F2N3O4S. The van der Waals surface area contributed by atoms with Gasteiger partial charge >= 0.3 is 0 Å². The van der Waals surface area contributed by atoms with Gasteiger partial charge < -0.3 is 10.5 Å². The van der Waals surface area contributed by atoms with Crippen molar-refractivity contribution in [3.8, 4) is 5.75 Å². The minimum Gasteiger partial charge on any atom is -0.502 e. The summed E-state index contributed by atoms with van der Waals surface area (Å²) >= 11 is 1.36. The molecule has 5 rings (SSSR count). The number of aromatic nitrogens is 1. The molecule has 0 saturated heterocycles. The number of pyridine rings is 1. The topological polar surface area (TPSA) is 92.6 Å². The molecule has 0 aliphatic carbocycles. The number of carbonyl (C=O) groups excluding carboxylic acids is 1. The minimum absolute atomic E-state index is 0.0588. The Kier molecular flexibility index (Phi) is 6.93. The maximum Gasteiger partial charge on any atom is 0.297 e. The van der Waals surface area contributed by atoms with Crippen molar-refractivity contribution in [2.75, 3.05) is 5.43 Å². The molecule has 0 fully saturated rings. The van der Waals surface area contributed by atoms with E-state index < -0.39 is 40.5 Å². The smallest absolute Gasteiger partial charge is 0.297 e. The van der Waals surface area contributed by atoms with Gasteiger partial charge in [0.05, 0.1) is 12.6 Å². The van der Waals surface area contributed by atoms with Crippen LogP contribution in [-0.4, -0.2) is 15.7 Å². The van der Waals surface area contributed by atoms with E-state index in [9.17, 15) is 23.5 Å². The van der Waals surface area contributed by atoms with Gasteiger partial charge in [0.1, 0.15) is 0 Å². The fourth-order valence-corrected chi connectivity index (χ4v) is 5.25. The van der Waals surface area contributed by atoms with Crippen molar-refractivity contribution in [1.82, 2.24) is 10.2 Å². The van der Waals surface area contributed by atoms with E-state index in [2.05, 4.69) is 10.9 Å². The number of rotatable bonds is 6. The number of carbonyl (C=O) groups is 1. The van der Waals surface area contributed by atoms with Crippen LogP contribution in [0.4, 0.5) is 8.78 Å². The monoisotopic (exact) mass is 521 g/mol. The van der Waals surface area contributed by atoms with Crippen molar-refractivity contribution in [1.29, 1.82) is 0 Å². The lowest BCUT2D eigenvalue weighted by Crippen LogP contribution is -2.33. The molecule has 10 heteroatoms. The first kappa shape index (κ1) is 24.5. The first-order valence-corrected chi connectivity index (χ1v) is 12.3. The van der Waals surface area contributed by atoms with E-state index in [0.717, 1.165) is 28.2 Å². The Morgan fingerprint density at radius 1 is 1.03 bits per heavy atom. The Morgan fingerprint density at radius 2 is 1.78 bits per heavy atom. The van der Waals surface area contributed by atoms with Gasteiger partial charge in [-0.05, 0) is 28.8 Å². The van der Waals surface area contributed by atoms with E-state index in [1.54, 1.807) is 0 Å². The number of thioether (sulfide) groups is 1. The van der Waals surface area contributed by atoms with E-state index in [1.165, 1.54) is 28.7 Å². The third-order valence-electron chi connectivity index (χ3n) is 5.95. The summed E-state index contributed by atoms with van der Waals surface area (Å²) in [6.07, 6.45) is 1.29. The van der Waals surface area contributed by atoms with Crippen LogP contribution in [0.25, 0.3) is 0 Å². The van der Waals surface area contributed by atoms with E-state index >= 15 is 0 Å². The van der Waals surface area contributed by atoms with Gasteiger partial charge in [-0.3, -0.25) is 19.1 Å². The van der Waals surface area contributed by atoms with Crippen LogP contribution in [-0.2, 0) is 17.2 Å². The number of aromatic hydroxyl groups is 1. The average Bonchev–Trinajstić information content (AvgIpc) is 3.06. The number of hydrogen-bond acceptors (Lipinski definition) is 6. The van der Waals surface area contributed by atoms with Gasteiger partial charge in [0.25, 0.3) is 5.91 Å². The van der Waals surface area contributed by atoms with Gasteiger partial charge in [0.15, 0.2) is 23.1 Å². The molecule has 37 heavy (non-hydrogen) atoms. The van der Waals surface area contributed by atoms with Crippen molar-refractivity contribution in [2.24, 2.45) is 0 Å². The fraction of sp³-hybridized carbons (Fsp3) is 0.111. The Balaban J connectivity index is 1.51. The van der Waals surface area contributed by atoms with Crippen molar-refractivity contribution in [3.05, 3.63) is 129 Å². The van der Waals surface area contributed by atoms with Crippen LogP contribution in [0, 0.1) is 11.6 Å². The lowest BCUT2D eigenvalue weighted by atomic mass is 9.95. The Morgan fingerprint density at radius 3 is 2.59 bits per heavy atom. The quantitative estimate of drug-likeness (QED) is 0.321. The molecule has 1 atom stereocenters. The zero-order chi connectivity index (χ0) is 25.9. The molecule has 3 aromatic carbocycles. The summed E-state index contributed by atoms with van der Waals surface area (Å²) in [6.45, 7) is 0.0588. The fourth-order valence-electron chi connectivity index (χ4n) is 4.13. The first-order chi connectivity index (χ1) is 17.9. The molecule has 1 aromatic heterocycles. The molecule has 3 N–H and O–H groups in total. The maximum absolute atomic E-state index is 14.8. The third kappa shape index (κ3) is 4.93. The Bertz CT molecular complexity index is 1530. The second kappa shape index (κ2) is 10.5. The van der Waals surface area contributed by atoms with Crippen molar-refractivity contribution in [3.63, 3.8) is 0 Å². The highest BCUT2D eigenvalue weighted by Crippen LogP contribution is 2.41. The summed E-state index contributed by atoms with van der Waals surface area (Å²) in [5.41, 5.74) is 6.37. The second-order valence-electron chi connectivity index (χ2n) is 8.27. The summed E-state index contributed by atoms with van der Waals surface area (Å²) in [7, 11) is 0. The van der Waals surface area contributed by atoms with Crippen LogP contribution >= 0.6 is 11.8 Å². The van der Waals surface area contributed by atoms with Gasteiger partial charge in [-0.1, -0.05) is 54.6 Å². The van der Waals surface area contributed by atoms with Crippen LogP contribution in [0.3, 0.4) is 0 Å². The van der Waals surface area contributed by atoms with E-state index in [4.69, 9.17) is 4.84 Å². The highest BCUT2D eigenvalue weighted by atomic mass is 32.2. The summed E-state index contributed by atoms with van der Waals surface area (Å²) in [5.74, 6) is -3.37. The van der Waals surface area contributed by atoms with Crippen molar-refractivity contribution < 1.29 is 23.5 Å². The Labute approximate surface area is 214 Å².